The number of alkyl carbamates (subject to hydrolysis) is 1. The highest BCUT2D eigenvalue weighted by atomic mass is 16.6. The van der Waals surface area contributed by atoms with Crippen molar-refractivity contribution in [3.05, 3.63) is 71.3 Å². The van der Waals surface area contributed by atoms with Crippen LogP contribution in [0.15, 0.2) is 48.5 Å². The second kappa shape index (κ2) is 20.3. The van der Waals surface area contributed by atoms with Crippen molar-refractivity contribution in [2.75, 3.05) is 21.3 Å². The van der Waals surface area contributed by atoms with Crippen LogP contribution in [0.5, 0.6) is 0 Å². The van der Waals surface area contributed by atoms with E-state index in [-0.39, 0.29) is 35.6 Å². The number of aliphatic hydroxyl groups is 2. The number of nitrogens with two attached hydrogens (primary N) is 3. The second-order valence-corrected chi connectivity index (χ2v) is 17.9. The van der Waals surface area contributed by atoms with Crippen molar-refractivity contribution in [3.8, 4) is 0 Å². The number of aromatic nitrogens is 6. The molecule has 2 saturated carbocycles. The molecule has 4 heterocycles. The highest BCUT2D eigenvalue weighted by molar-refractivity contribution is 5.98. The fourth-order valence-corrected chi connectivity index (χ4v) is 7.10. The summed E-state index contributed by atoms with van der Waals surface area (Å²) < 4.78 is 5.41. The van der Waals surface area contributed by atoms with E-state index in [1.165, 1.54) is 0 Å². The molecule has 2 fully saturated rings. The Hall–Kier alpha value is -6.25. The first-order chi connectivity index (χ1) is 29.6. The van der Waals surface area contributed by atoms with Gasteiger partial charge in [0.1, 0.15) is 28.4 Å². The molecular formula is C43H62N14O6. The molecule has 0 saturated heterocycles. The fraction of sp³-hybridized carbons (Fsp3) is 0.512. The van der Waals surface area contributed by atoms with Crippen molar-refractivity contribution in [3.63, 3.8) is 0 Å². The monoisotopic (exact) mass is 870 g/mol. The highest BCUT2D eigenvalue weighted by Crippen LogP contribution is 2.28. The molecule has 6 rings (SSSR count). The van der Waals surface area contributed by atoms with Gasteiger partial charge in [-0.2, -0.15) is 0 Å². The average molecular weight is 871 g/mol. The maximum absolute atomic E-state index is 12.3. The van der Waals surface area contributed by atoms with E-state index in [1.807, 2.05) is 20.8 Å². The van der Waals surface area contributed by atoms with E-state index < -0.39 is 34.7 Å². The minimum absolute atomic E-state index is 0.00829. The molecule has 4 aromatic heterocycles. The van der Waals surface area contributed by atoms with Crippen LogP contribution in [0.25, 0.3) is 0 Å². The van der Waals surface area contributed by atoms with Crippen molar-refractivity contribution in [1.82, 2.24) is 35.7 Å². The quantitative estimate of drug-likeness (QED) is 0.0861. The molecular weight excluding hydrogens is 809 g/mol. The Bertz CT molecular complexity index is 2220. The van der Waals surface area contributed by atoms with Gasteiger partial charge < -0.3 is 58.7 Å². The predicted molar refractivity (Wildman–Crippen MR) is 240 cm³/mol. The lowest BCUT2D eigenvalue weighted by molar-refractivity contribution is 0.0487. The number of primary amides is 2. The zero-order chi connectivity index (χ0) is 46.1. The molecule has 20 heteroatoms. The molecule has 0 radical (unpaired) electrons. The molecule has 2 aliphatic carbocycles. The molecule has 340 valence electrons. The van der Waals surface area contributed by atoms with Crippen molar-refractivity contribution in [2.24, 2.45) is 17.2 Å². The summed E-state index contributed by atoms with van der Waals surface area (Å²) in [5, 5.41) is 52.3. The minimum atomic E-state index is -1.13. The lowest BCUT2D eigenvalue weighted by Crippen LogP contribution is -2.49. The van der Waals surface area contributed by atoms with Crippen molar-refractivity contribution in [2.45, 2.75) is 141 Å². The molecule has 0 unspecified atom stereocenters. The summed E-state index contributed by atoms with van der Waals surface area (Å²) >= 11 is 0. The van der Waals surface area contributed by atoms with Crippen LogP contribution < -0.4 is 43.8 Å². The molecule has 0 spiro atoms. The van der Waals surface area contributed by atoms with E-state index in [0.717, 1.165) is 51.4 Å². The molecule has 13 N–H and O–H groups in total. The van der Waals surface area contributed by atoms with Crippen LogP contribution in [0, 0.1) is 0 Å². The summed E-state index contributed by atoms with van der Waals surface area (Å²) in [6, 6.07) is 13.6. The van der Waals surface area contributed by atoms with Crippen LogP contribution in [-0.4, -0.2) is 88.3 Å². The molecule has 63 heavy (non-hydrogen) atoms. The van der Waals surface area contributed by atoms with Gasteiger partial charge in [0.05, 0.1) is 28.8 Å². The molecule has 4 aromatic rings. The molecule has 2 aliphatic rings. The maximum atomic E-state index is 12.3. The van der Waals surface area contributed by atoms with Gasteiger partial charge in [-0.15, -0.1) is 20.4 Å². The summed E-state index contributed by atoms with van der Waals surface area (Å²) in [6.45, 7) is 12.0. The van der Waals surface area contributed by atoms with E-state index in [9.17, 15) is 24.6 Å². The number of hydrogen-bond donors (Lipinski definition) is 10. The van der Waals surface area contributed by atoms with Crippen molar-refractivity contribution < 1.29 is 29.3 Å². The Morgan fingerprint density at radius 2 is 1.05 bits per heavy atom. The summed E-state index contributed by atoms with van der Waals surface area (Å²) in [6.07, 6.45) is 7.28. The van der Waals surface area contributed by atoms with Crippen LogP contribution in [0.2, 0.25) is 0 Å². The SMILES string of the molecule is CC(C)(C)OC(=O)N[C@H]1CCCC[C@H]1Nc1cc(Nc2cccc(C(C)(C)O)n2)c(C(N)=O)nn1.CC(C)(O)c1cccc(Nc2cc(N[C@@H]3CCCC[C@@H]3N)nnc2C(N)=O)n1. The third-order valence-corrected chi connectivity index (χ3v) is 10.3. The van der Waals surface area contributed by atoms with E-state index in [2.05, 4.69) is 56.9 Å². The van der Waals surface area contributed by atoms with Gasteiger partial charge in [0, 0.05) is 30.3 Å². The number of nitrogens with one attached hydrogen (secondary N) is 5. The van der Waals surface area contributed by atoms with E-state index in [1.54, 1.807) is 76.2 Å². The van der Waals surface area contributed by atoms with Crippen LogP contribution in [0.1, 0.15) is 132 Å². The summed E-state index contributed by atoms with van der Waals surface area (Å²) in [5.74, 6) is 0.345. The van der Waals surface area contributed by atoms with E-state index in [0.29, 0.717) is 46.0 Å². The van der Waals surface area contributed by atoms with Gasteiger partial charge in [0.25, 0.3) is 11.8 Å². The summed E-state index contributed by atoms with van der Waals surface area (Å²) in [5.41, 5.74) is 15.9. The number of nitrogens with zero attached hydrogens (tertiary/aromatic N) is 6. The van der Waals surface area contributed by atoms with E-state index >= 15 is 0 Å². The third kappa shape index (κ3) is 14.1. The second-order valence-electron chi connectivity index (χ2n) is 17.9. The van der Waals surface area contributed by atoms with Gasteiger partial charge in [-0.25, -0.2) is 14.8 Å². The number of amides is 3. The highest BCUT2D eigenvalue weighted by Gasteiger charge is 2.30. The number of anilines is 6. The smallest absolute Gasteiger partial charge is 0.407 e. The number of carbonyl (C=O) groups is 3. The van der Waals surface area contributed by atoms with E-state index in [4.69, 9.17) is 21.9 Å². The van der Waals surface area contributed by atoms with Gasteiger partial charge >= 0.3 is 6.09 Å². The first kappa shape index (κ1) is 47.8. The zero-order valence-corrected chi connectivity index (χ0v) is 37.0. The average Bonchev–Trinajstić information content (AvgIpc) is 3.19. The Morgan fingerprint density at radius 1 is 0.619 bits per heavy atom. The van der Waals surface area contributed by atoms with Gasteiger partial charge in [0.15, 0.2) is 23.0 Å². The number of carbonyl (C=O) groups excluding carboxylic acids is 3. The molecule has 0 bridgehead atoms. The number of rotatable bonds is 13. The predicted octanol–water partition coefficient (Wildman–Crippen LogP) is 4.81. The molecule has 20 nitrogen and oxygen atoms in total. The Kier molecular flexibility index (Phi) is 15.4. The van der Waals surface area contributed by atoms with Crippen molar-refractivity contribution >= 4 is 52.6 Å². The fourth-order valence-electron chi connectivity index (χ4n) is 7.10. The van der Waals surface area contributed by atoms with Gasteiger partial charge in [-0.05, 0) is 98.4 Å². The van der Waals surface area contributed by atoms with Gasteiger partial charge in [-0.1, -0.05) is 37.8 Å². The van der Waals surface area contributed by atoms with Crippen molar-refractivity contribution in [1.29, 1.82) is 0 Å². The summed E-state index contributed by atoms with van der Waals surface area (Å²) in [4.78, 5) is 44.9. The molecule has 0 aromatic carbocycles. The number of pyridine rings is 2. The van der Waals surface area contributed by atoms with Crippen LogP contribution in [0.3, 0.4) is 0 Å². The Balaban J connectivity index is 0.000000243. The van der Waals surface area contributed by atoms with Crippen LogP contribution >= 0.6 is 0 Å². The van der Waals surface area contributed by atoms with Crippen LogP contribution in [-0.2, 0) is 15.9 Å². The number of ether oxygens (including phenoxy) is 1. The first-order valence-corrected chi connectivity index (χ1v) is 21.1. The maximum Gasteiger partial charge on any atom is 0.407 e. The Morgan fingerprint density at radius 3 is 1.48 bits per heavy atom. The molecule has 4 atom stereocenters. The Labute approximate surface area is 367 Å². The van der Waals surface area contributed by atoms with Gasteiger partial charge in [0.2, 0.25) is 0 Å². The zero-order valence-electron chi connectivity index (χ0n) is 37.0. The topological polar surface area (TPSA) is 316 Å². The standard InChI is InChI=1S/C24H35N7O4.C19H27N7O2/c1-23(2,3)35-22(33)28-15-10-7-6-9-14(15)26-19-13-16(20(21(25)32)31-30-19)27-18-12-8-11-17(29-18)24(4,5)34;1-19(2,28)14-8-5-9-15(24-14)23-13-10-16(25-26-17(13)18(21)27)22-12-7-4-3-6-11(12)20/h8,11-15,34H,6-7,9-10H2,1-5H3,(H2,25,32)(H,28,33)(H2,26,27,29,30);5,8-12,28H,3-4,6-7,20H2,1-2H3,(H2,21,27)(H2,22,23,24,25)/t14-,15+;11-,12+/m10/s1. The lowest BCUT2D eigenvalue weighted by atomic mass is 9.90. The number of hydrogen-bond acceptors (Lipinski definition) is 17. The van der Waals surface area contributed by atoms with Crippen LogP contribution in [0.4, 0.5) is 39.4 Å². The van der Waals surface area contributed by atoms with Gasteiger partial charge in [-0.3, -0.25) is 9.59 Å². The summed E-state index contributed by atoms with van der Waals surface area (Å²) in [7, 11) is 0. The minimum Gasteiger partial charge on any atom is -0.444 e. The molecule has 3 amide bonds. The first-order valence-electron chi connectivity index (χ1n) is 21.1. The third-order valence-electron chi connectivity index (χ3n) is 10.3. The lowest BCUT2D eigenvalue weighted by Gasteiger charge is -2.33. The normalized spacial score (nSPS) is 19.1. The largest absolute Gasteiger partial charge is 0.444 e. The molecule has 0 aliphatic heterocycles.